The van der Waals surface area contributed by atoms with Crippen LogP contribution in [0.2, 0.25) is 0 Å². The molecule has 0 saturated carbocycles. The van der Waals surface area contributed by atoms with Gasteiger partial charge < -0.3 is 24.6 Å². The summed E-state index contributed by atoms with van der Waals surface area (Å²) in [6, 6.07) is 12.5. The number of hydrogen-bond acceptors (Lipinski definition) is 5. The lowest BCUT2D eigenvalue weighted by atomic mass is 9.81. The third-order valence-electron chi connectivity index (χ3n) is 4.96. The molecule has 2 atom stereocenters. The molecule has 1 saturated heterocycles. The first kappa shape index (κ1) is 22.7. The number of aliphatic carboxylic acids is 1. The molecule has 0 unspecified atom stereocenters. The lowest BCUT2D eigenvalue weighted by Gasteiger charge is -2.32. The van der Waals surface area contributed by atoms with Crippen molar-refractivity contribution >= 4 is 5.97 Å². The number of alkyl halides is 3. The topological polar surface area (TPSA) is 77.0 Å². The molecule has 2 aliphatic heterocycles. The number of hydrogen-bond donors (Lipinski definition) is 2. The fourth-order valence-corrected chi connectivity index (χ4v) is 3.42. The van der Waals surface area contributed by atoms with Gasteiger partial charge in [-0.1, -0.05) is 12.1 Å². The number of benzene rings is 2. The highest BCUT2D eigenvalue weighted by Crippen LogP contribution is 2.36. The summed E-state index contributed by atoms with van der Waals surface area (Å²) in [6.45, 7) is 2.74. The van der Waals surface area contributed by atoms with Gasteiger partial charge in [-0.15, -0.1) is 0 Å². The molecule has 0 amide bonds. The Morgan fingerprint density at radius 1 is 1.13 bits per heavy atom. The average molecular weight is 443 g/mol. The summed E-state index contributed by atoms with van der Waals surface area (Å²) in [5.74, 6) is 0.0294. The quantitative estimate of drug-likeness (QED) is 0.697. The second kappa shape index (κ2) is 9.86. The van der Waals surface area contributed by atoms with Gasteiger partial charge in [0.05, 0.1) is 6.61 Å². The highest BCUT2D eigenvalue weighted by atomic mass is 19.4. The Hall–Kier alpha value is -3.01. The Morgan fingerprint density at radius 3 is 2.48 bits per heavy atom. The molecule has 0 aliphatic carbocycles. The minimum absolute atomic E-state index is 0.194. The van der Waals surface area contributed by atoms with Gasteiger partial charge in [-0.05, 0) is 48.7 Å². The van der Waals surface area contributed by atoms with Gasteiger partial charge >= 0.3 is 12.1 Å². The molecule has 2 aliphatic rings. The number of ether oxygens (including phenoxy) is 3. The van der Waals surface area contributed by atoms with Crippen molar-refractivity contribution in [1.82, 2.24) is 5.32 Å². The van der Waals surface area contributed by atoms with Crippen molar-refractivity contribution in [2.24, 2.45) is 5.92 Å². The maximum Gasteiger partial charge on any atom is 0.490 e. The fraction of sp³-hybridized carbons (Fsp3) is 0.381. The van der Waals surface area contributed by atoms with E-state index in [0.717, 1.165) is 36.8 Å². The molecule has 31 heavy (non-hydrogen) atoms. The summed E-state index contributed by atoms with van der Waals surface area (Å²) in [6.07, 6.45) is -4.05. The summed E-state index contributed by atoms with van der Waals surface area (Å²) < 4.78 is 61.6. The number of carboxylic acid groups (broad SMARTS) is 1. The first-order valence-electron chi connectivity index (χ1n) is 9.53. The zero-order valence-corrected chi connectivity index (χ0v) is 16.3. The molecule has 2 heterocycles. The van der Waals surface area contributed by atoms with Gasteiger partial charge in [0.1, 0.15) is 11.6 Å². The van der Waals surface area contributed by atoms with Crippen LogP contribution < -0.4 is 19.5 Å². The van der Waals surface area contributed by atoms with Crippen LogP contribution in [0.25, 0.3) is 0 Å². The van der Waals surface area contributed by atoms with Crippen LogP contribution in [0.4, 0.5) is 17.6 Å². The lowest BCUT2D eigenvalue weighted by Crippen LogP contribution is -2.38. The van der Waals surface area contributed by atoms with Crippen LogP contribution in [0, 0.1) is 11.7 Å². The van der Waals surface area contributed by atoms with Crippen molar-refractivity contribution in [2.75, 3.05) is 26.5 Å². The summed E-state index contributed by atoms with van der Waals surface area (Å²) >= 11 is 0. The molecular weight excluding hydrogens is 422 g/mol. The van der Waals surface area contributed by atoms with Crippen molar-refractivity contribution < 1.29 is 41.7 Å². The first-order chi connectivity index (χ1) is 14.7. The molecule has 4 rings (SSSR count). The van der Waals surface area contributed by atoms with E-state index in [1.807, 2.05) is 30.3 Å². The SMILES string of the molecule is Fc1ccc([C@@H]2CCNC[C@H]2COc2ccc3c(c2)OCO3)cc1.O=C(O)C(F)(F)F. The molecule has 0 bridgehead atoms. The molecule has 0 spiro atoms. The lowest BCUT2D eigenvalue weighted by molar-refractivity contribution is -0.192. The van der Waals surface area contributed by atoms with Crippen molar-refractivity contribution in [1.29, 1.82) is 0 Å². The number of nitrogens with one attached hydrogen (secondary N) is 1. The summed E-state index contributed by atoms with van der Waals surface area (Å²) in [7, 11) is 0. The summed E-state index contributed by atoms with van der Waals surface area (Å²) in [4.78, 5) is 8.90. The van der Waals surface area contributed by atoms with Crippen LogP contribution in [-0.4, -0.2) is 43.7 Å². The van der Waals surface area contributed by atoms with Crippen molar-refractivity contribution in [3.8, 4) is 17.2 Å². The van der Waals surface area contributed by atoms with Crippen LogP contribution in [0.3, 0.4) is 0 Å². The molecule has 168 valence electrons. The van der Waals surface area contributed by atoms with Gasteiger partial charge in [-0.25, -0.2) is 9.18 Å². The predicted molar refractivity (Wildman–Crippen MR) is 102 cm³/mol. The Balaban J connectivity index is 0.000000339. The van der Waals surface area contributed by atoms with Gasteiger partial charge in [0.15, 0.2) is 11.5 Å². The normalized spacial score (nSPS) is 19.9. The van der Waals surface area contributed by atoms with Crippen LogP contribution in [0.5, 0.6) is 17.2 Å². The van der Waals surface area contributed by atoms with Crippen LogP contribution >= 0.6 is 0 Å². The monoisotopic (exact) mass is 443 g/mol. The van der Waals surface area contributed by atoms with E-state index in [1.165, 1.54) is 17.7 Å². The molecule has 0 radical (unpaired) electrons. The number of fused-ring (bicyclic) bond motifs is 1. The number of carbonyl (C=O) groups is 1. The fourth-order valence-electron chi connectivity index (χ4n) is 3.42. The smallest absolute Gasteiger partial charge is 0.490 e. The minimum atomic E-state index is -5.08. The third kappa shape index (κ3) is 6.24. The zero-order valence-electron chi connectivity index (χ0n) is 16.3. The Kier molecular flexibility index (Phi) is 7.21. The van der Waals surface area contributed by atoms with Crippen LogP contribution in [0.1, 0.15) is 17.9 Å². The van der Waals surface area contributed by atoms with Crippen LogP contribution in [0.15, 0.2) is 42.5 Å². The largest absolute Gasteiger partial charge is 0.493 e. The van der Waals surface area contributed by atoms with E-state index in [4.69, 9.17) is 24.1 Å². The van der Waals surface area contributed by atoms with E-state index in [2.05, 4.69) is 5.32 Å². The Morgan fingerprint density at radius 2 is 1.81 bits per heavy atom. The molecule has 10 heteroatoms. The van der Waals surface area contributed by atoms with E-state index in [0.29, 0.717) is 18.4 Å². The molecule has 1 fully saturated rings. The van der Waals surface area contributed by atoms with Crippen molar-refractivity contribution in [3.63, 3.8) is 0 Å². The summed E-state index contributed by atoms with van der Waals surface area (Å²) in [5.41, 5.74) is 1.18. The molecule has 2 aromatic carbocycles. The number of carboxylic acids is 1. The van der Waals surface area contributed by atoms with Gasteiger partial charge in [0.25, 0.3) is 0 Å². The summed E-state index contributed by atoms with van der Waals surface area (Å²) in [5, 5.41) is 10.6. The van der Waals surface area contributed by atoms with Gasteiger partial charge in [0, 0.05) is 18.5 Å². The van der Waals surface area contributed by atoms with E-state index in [-0.39, 0.29) is 12.6 Å². The number of rotatable bonds is 4. The molecule has 2 aromatic rings. The van der Waals surface area contributed by atoms with Gasteiger partial charge in [-0.2, -0.15) is 13.2 Å². The standard InChI is InChI=1S/C19H20FNO3.C2HF3O2/c20-15-3-1-13(2-4-15)17-7-8-21-10-14(17)11-22-16-5-6-18-19(9-16)24-12-23-18;3-2(4,5)1(6)7/h1-6,9,14,17,21H,7-8,10-12H2;(H,6,7)/t14-,17-;/m0./s1. The van der Waals surface area contributed by atoms with Crippen LogP contribution in [-0.2, 0) is 4.79 Å². The Labute approximate surface area is 175 Å². The van der Waals surface area contributed by atoms with Crippen molar-refractivity contribution in [3.05, 3.63) is 53.8 Å². The van der Waals surface area contributed by atoms with E-state index >= 15 is 0 Å². The molecular formula is C21H21F4NO5. The number of halogens is 4. The number of piperidine rings is 1. The zero-order chi connectivity index (χ0) is 22.4. The van der Waals surface area contributed by atoms with E-state index in [1.54, 1.807) is 0 Å². The molecule has 0 aromatic heterocycles. The van der Waals surface area contributed by atoms with Crippen molar-refractivity contribution in [2.45, 2.75) is 18.5 Å². The van der Waals surface area contributed by atoms with Gasteiger partial charge in [-0.3, -0.25) is 0 Å². The first-order valence-corrected chi connectivity index (χ1v) is 9.53. The minimum Gasteiger partial charge on any atom is -0.493 e. The predicted octanol–water partition coefficient (Wildman–Crippen LogP) is 3.96. The van der Waals surface area contributed by atoms with E-state index < -0.39 is 12.1 Å². The highest BCUT2D eigenvalue weighted by Gasteiger charge is 2.38. The third-order valence-corrected chi connectivity index (χ3v) is 4.96. The maximum atomic E-state index is 13.2. The maximum absolute atomic E-state index is 13.2. The second-order valence-electron chi connectivity index (χ2n) is 7.04. The average Bonchev–Trinajstić information content (AvgIpc) is 3.21. The Bertz CT molecular complexity index is 888. The highest BCUT2D eigenvalue weighted by molar-refractivity contribution is 5.73. The molecule has 6 nitrogen and oxygen atoms in total. The van der Waals surface area contributed by atoms with E-state index in [9.17, 15) is 17.6 Å². The van der Waals surface area contributed by atoms with Gasteiger partial charge in [0.2, 0.25) is 6.79 Å². The molecule has 2 N–H and O–H groups in total. The second-order valence-corrected chi connectivity index (χ2v) is 7.04.